The van der Waals surface area contributed by atoms with E-state index in [1.165, 1.54) is 0 Å². The molecule has 1 rings (SSSR count). The zero-order valence-corrected chi connectivity index (χ0v) is 30.2. The summed E-state index contributed by atoms with van der Waals surface area (Å²) in [6.07, 6.45) is -1.39. The van der Waals surface area contributed by atoms with Gasteiger partial charge in [0.1, 0.15) is 12.2 Å². The Labute approximate surface area is 228 Å². The molecule has 1 aliphatic rings. The molecule has 1 heterocycles. The highest BCUT2D eigenvalue weighted by molar-refractivity contribution is 14.1. The Bertz CT molecular complexity index is 623. The third-order valence-electron chi connectivity index (χ3n) is 8.69. The van der Waals surface area contributed by atoms with Gasteiger partial charge in [-0.3, -0.25) is 0 Å². The Kier molecular flexibility index (Phi) is 10.9. The van der Waals surface area contributed by atoms with Crippen molar-refractivity contribution in [2.24, 2.45) is 0 Å². The first-order valence-electron chi connectivity index (χ1n) is 12.7. The molecular weight excluding hydrogens is 591 g/mol. The first-order valence-corrected chi connectivity index (χ1v) is 22.9. The number of halogens is 1. The second-order valence-electron chi connectivity index (χ2n) is 14.5. The predicted molar refractivity (Wildman–Crippen MR) is 161 cm³/mol. The molecule has 1 fully saturated rings. The van der Waals surface area contributed by atoms with Crippen LogP contribution in [-0.2, 0) is 22.8 Å². The minimum atomic E-state index is -2.15. The van der Waals surface area contributed by atoms with Crippen molar-refractivity contribution in [3.8, 4) is 0 Å². The SMILES string of the molecule is CO[C@H]1O[C@H](CI)[C@@H](O[Si](C)(C)C(C)(C)C)[C@H](O[Si](C)(C)C(C)(C)C)[C@H]1O[Si](C)(C)C(C)(C)C. The lowest BCUT2D eigenvalue weighted by atomic mass is 10.00. The number of rotatable bonds is 8. The van der Waals surface area contributed by atoms with Crippen LogP contribution in [0.3, 0.4) is 0 Å². The molecule has 0 radical (unpaired) electrons. The average Bonchev–Trinajstić information content (AvgIpc) is 2.61. The fraction of sp³-hybridized carbons (Fsp3) is 1.00. The fourth-order valence-corrected chi connectivity index (χ4v) is 7.76. The van der Waals surface area contributed by atoms with Crippen LogP contribution in [0.25, 0.3) is 0 Å². The van der Waals surface area contributed by atoms with Crippen molar-refractivity contribution in [1.82, 2.24) is 0 Å². The van der Waals surface area contributed by atoms with Gasteiger partial charge in [-0.05, 0) is 54.4 Å². The quantitative estimate of drug-likeness (QED) is 0.152. The molecule has 34 heavy (non-hydrogen) atoms. The molecule has 5 atom stereocenters. The van der Waals surface area contributed by atoms with E-state index in [0.717, 1.165) is 4.43 Å². The molecule has 0 aliphatic carbocycles. The van der Waals surface area contributed by atoms with Gasteiger partial charge in [-0.1, -0.05) is 84.9 Å². The minimum Gasteiger partial charge on any atom is -0.409 e. The number of ether oxygens (including phenoxy) is 2. The van der Waals surface area contributed by atoms with Gasteiger partial charge in [0.25, 0.3) is 0 Å². The molecule has 5 nitrogen and oxygen atoms in total. The van der Waals surface area contributed by atoms with E-state index in [0.29, 0.717) is 0 Å². The second-order valence-corrected chi connectivity index (χ2v) is 29.6. The van der Waals surface area contributed by atoms with Gasteiger partial charge in [-0.25, -0.2) is 0 Å². The number of methoxy groups -OCH3 is 1. The van der Waals surface area contributed by atoms with Crippen LogP contribution in [0, 0.1) is 0 Å². The lowest BCUT2D eigenvalue weighted by Gasteiger charge is -2.54. The van der Waals surface area contributed by atoms with Gasteiger partial charge >= 0.3 is 0 Å². The molecule has 1 aliphatic heterocycles. The molecule has 0 amide bonds. The summed E-state index contributed by atoms with van der Waals surface area (Å²) in [6, 6.07) is 0. The summed E-state index contributed by atoms with van der Waals surface area (Å²) in [7, 11) is -4.67. The Morgan fingerprint density at radius 2 is 0.941 bits per heavy atom. The molecule has 0 unspecified atom stereocenters. The molecular formula is C25H55IO5Si3. The molecule has 9 heteroatoms. The van der Waals surface area contributed by atoms with Crippen molar-refractivity contribution in [1.29, 1.82) is 0 Å². The fourth-order valence-electron chi connectivity index (χ4n) is 3.15. The van der Waals surface area contributed by atoms with Crippen LogP contribution < -0.4 is 0 Å². The molecule has 204 valence electrons. The van der Waals surface area contributed by atoms with Crippen LogP contribution >= 0.6 is 22.6 Å². The summed E-state index contributed by atoms with van der Waals surface area (Å²) in [4.78, 5) is 0. The number of hydrogen-bond acceptors (Lipinski definition) is 5. The molecule has 0 N–H and O–H groups in total. The van der Waals surface area contributed by atoms with Gasteiger partial charge in [0, 0.05) is 11.5 Å². The average molecular weight is 647 g/mol. The normalized spacial score (nSPS) is 28.3. The summed E-state index contributed by atoms with van der Waals surface area (Å²) < 4.78 is 34.7. The van der Waals surface area contributed by atoms with Crippen LogP contribution in [-0.4, -0.2) is 67.2 Å². The zero-order valence-electron chi connectivity index (χ0n) is 25.0. The topological polar surface area (TPSA) is 46.2 Å². The lowest BCUT2D eigenvalue weighted by molar-refractivity contribution is -0.275. The highest BCUT2D eigenvalue weighted by Gasteiger charge is 2.56. The minimum absolute atomic E-state index is 0.0582. The number of hydrogen-bond donors (Lipinski definition) is 0. The molecule has 0 bridgehead atoms. The third kappa shape index (κ3) is 7.61. The van der Waals surface area contributed by atoms with Gasteiger partial charge in [-0.15, -0.1) is 0 Å². The zero-order chi connectivity index (χ0) is 27.1. The second kappa shape index (κ2) is 11.1. The van der Waals surface area contributed by atoms with E-state index in [1.807, 2.05) is 0 Å². The van der Waals surface area contributed by atoms with Gasteiger partial charge < -0.3 is 22.8 Å². The molecule has 0 aromatic rings. The van der Waals surface area contributed by atoms with Crippen molar-refractivity contribution >= 4 is 47.5 Å². The number of alkyl halides is 1. The van der Waals surface area contributed by atoms with Crippen molar-refractivity contribution in [3.63, 3.8) is 0 Å². The van der Waals surface area contributed by atoms with Crippen LogP contribution in [0.2, 0.25) is 54.4 Å². The summed E-state index contributed by atoms with van der Waals surface area (Å²) in [6.45, 7) is 34.4. The highest BCUT2D eigenvalue weighted by Crippen LogP contribution is 2.46. The maximum atomic E-state index is 7.22. The monoisotopic (exact) mass is 646 g/mol. The van der Waals surface area contributed by atoms with Crippen molar-refractivity contribution in [2.45, 2.75) is 147 Å². The lowest BCUT2D eigenvalue weighted by Crippen LogP contribution is -2.68. The molecule has 0 spiro atoms. The Morgan fingerprint density at radius 3 is 1.24 bits per heavy atom. The van der Waals surface area contributed by atoms with Gasteiger partial charge in [0.15, 0.2) is 31.2 Å². The highest BCUT2D eigenvalue weighted by atomic mass is 127. The van der Waals surface area contributed by atoms with Crippen molar-refractivity contribution in [2.75, 3.05) is 11.5 Å². The summed E-state index contributed by atoms with van der Waals surface area (Å²) in [5.74, 6) is 0. The Morgan fingerprint density at radius 1 is 0.618 bits per heavy atom. The van der Waals surface area contributed by atoms with Gasteiger partial charge in [-0.2, -0.15) is 0 Å². The maximum Gasteiger partial charge on any atom is 0.192 e. The van der Waals surface area contributed by atoms with Crippen molar-refractivity contribution in [3.05, 3.63) is 0 Å². The van der Waals surface area contributed by atoms with E-state index < -0.39 is 31.2 Å². The predicted octanol–water partition coefficient (Wildman–Crippen LogP) is 7.96. The maximum absolute atomic E-state index is 7.22. The summed E-state index contributed by atoms with van der Waals surface area (Å²) in [5, 5.41) is 0.206. The third-order valence-corrected chi connectivity index (χ3v) is 23.0. The van der Waals surface area contributed by atoms with E-state index in [-0.39, 0.29) is 39.5 Å². The largest absolute Gasteiger partial charge is 0.409 e. The molecule has 1 saturated heterocycles. The van der Waals surface area contributed by atoms with Gasteiger partial charge in [0.05, 0.1) is 12.2 Å². The van der Waals surface area contributed by atoms with Crippen LogP contribution in [0.1, 0.15) is 62.3 Å². The van der Waals surface area contributed by atoms with Gasteiger partial charge in [0.2, 0.25) is 0 Å². The van der Waals surface area contributed by atoms with E-state index in [9.17, 15) is 0 Å². The molecule has 0 aromatic carbocycles. The van der Waals surface area contributed by atoms with E-state index >= 15 is 0 Å². The first kappa shape index (κ1) is 33.2. The van der Waals surface area contributed by atoms with Crippen LogP contribution in [0.4, 0.5) is 0 Å². The van der Waals surface area contributed by atoms with Crippen LogP contribution in [0.5, 0.6) is 0 Å². The first-order chi connectivity index (χ1) is 14.9. The molecule has 0 saturated carbocycles. The van der Waals surface area contributed by atoms with E-state index in [4.69, 9.17) is 22.8 Å². The van der Waals surface area contributed by atoms with E-state index in [1.54, 1.807) is 7.11 Å². The smallest absolute Gasteiger partial charge is 0.192 e. The summed E-state index contributed by atoms with van der Waals surface area (Å²) in [5.41, 5.74) is 0. The van der Waals surface area contributed by atoms with E-state index in [2.05, 4.69) is 124 Å². The Balaban J connectivity index is 3.66. The van der Waals surface area contributed by atoms with Crippen molar-refractivity contribution < 1.29 is 22.8 Å². The standard InChI is InChI=1S/C25H55IO5Si3/c1-23(2,3)32(11,12)29-19-18(17-26)28-22(27-10)21(31-34(15,16)25(7,8)9)20(19)30-33(13,14)24(4,5)6/h18-22H,17H2,1-16H3/t18-,19-,20+,21-,22+/m1/s1. The van der Waals surface area contributed by atoms with Crippen LogP contribution in [0.15, 0.2) is 0 Å². The Hall–Kier alpha value is 1.18. The summed E-state index contributed by atoms with van der Waals surface area (Å²) >= 11 is 2.41. The molecule has 0 aromatic heterocycles.